The second-order valence-corrected chi connectivity index (χ2v) is 6.29. The van der Waals surface area contributed by atoms with Crippen molar-refractivity contribution < 1.29 is 9.13 Å². The van der Waals surface area contributed by atoms with E-state index in [9.17, 15) is 4.39 Å². The minimum Gasteiger partial charge on any atom is -0.381 e. The number of nitrogens with one attached hydrogen (secondary N) is 2. The van der Waals surface area contributed by atoms with E-state index in [1.54, 1.807) is 12.1 Å². The Balaban J connectivity index is 1.58. The van der Waals surface area contributed by atoms with Gasteiger partial charge in [-0.3, -0.25) is 4.99 Å². The van der Waals surface area contributed by atoms with E-state index < -0.39 is 0 Å². The standard InChI is InChI=1S/C19H30FN3O/c1-2-21-19(23-12-5-13-24-15-17-9-10-17)22-11-4-7-16-6-3-8-18(20)14-16/h3,6,8,14,17H,2,4-5,7,9-13,15H2,1H3,(H2,21,22,23). The third-order valence-corrected chi connectivity index (χ3v) is 3.94. The summed E-state index contributed by atoms with van der Waals surface area (Å²) in [5, 5.41) is 6.58. The molecule has 0 atom stereocenters. The van der Waals surface area contributed by atoms with Gasteiger partial charge in [-0.2, -0.15) is 0 Å². The van der Waals surface area contributed by atoms with Crippen LogP contribution in [0, 0.1) is 11.7 Å². The summed E-state index contributed by atoms with van der Waals surface area (Å²) >= 11 is 0. The Kier molecular flexibility index (Phi) is 8.60. The Labute approximate surface area is 144 Å². The molecule has 0 bridgehead atoms. The van der Waals surface area contributed by atoms with Crippen LogP contribution in [0.3, 0.4) is 0 Å². The Hall–Kier alpha value is -1.62. The Morgan fingerprint density at radius 2 is 2.17 bits per heavy atom. The number of hydrogen-bond acceptors (Lipinski definition) is 2. The molecule has 1 aliphatic carbocycles. The van der Waals surface area contributed by atoms with Crippen molar-refractivity contribution in [1.29, 1.82) is 0 Å². The van der Waals surface area contributed by atoms with Crippen molar-refractivity contribution >= 4 is 5.96 Å². The van der Waals surface area contributed by atoms with Crippen LogP contribution in [0.15, 0.2) is 29.3 Å². The molecular weight excluding hydrogens is 305 g/mol. The molecule has 0 spiro atoms. The number of halogens is 1. The lowest BCUT2D eigenvalue weighted by Crippen LogP contribution is -2.38. The predicted molar refractivity (Wildman–Crippen MR) is 96.9 cm³/mol. The van der Waals surface area contributed by atoms with E-state index in [4.69, 9.17) is 4.74 Å². The molecular formula is C19H30FN3O. The number of ether oxygens (including phenoxy) is 1. The molecule has 5 heteroatoms. The summed E-state index contributed by atoms with van der Waals surface area (Å²) in [6.07, 6.45) is 5.41. The van der Waals surface area contributed by atoms with Crippen molar-refractivity contribution in [3.05, 3.63) is 35.6 Å². The molecule has 1 aromatic carbocycles. The van der Waals surface area contributed by atoms with Crippen molar-refractivity contribution in [2.24, 2.45) is 10.9 Å². The average Bonchev–Trinajstić information content (AvgIpc) is 3.39. The zero-order chi connectivity index (χ0) is 17.0. The van der Waals surface area contributed by atoms with Crippen LogP contribution in [0.2, 0.25) is 0 Å². The van der Waals surface area contributed by atoms with Gasteiger partial charge in [-0.15, -0.1) is 0 Å². The van der Waals surface area contributed by atoms with E-state index >= 15 is 0 Å². The normalized spacial score (nSPS) is 14.7. The molecule has 0 unspecified atom stereocenters. The molecule has 134 valence electrons. The maximum Gasteiger partial charge on any atom is 0.191 e. The van der Waals surface area contributed by atoms with Crippen LogP contribution < -0.4 is 10.6 Å². The molecule has 1 aliphatic rings. The van der Waals surface area contributed by atoms with Crippen LogP contribution in [-0.2, 0) is 11.2 Å². The van der Waals surface area contributed by atoms with Gasteiger partial charge in [0.2, 0.25) is 0 Å². The van der Waals surface area contributed by atoms with Crippen LogP contribution in [0.1, 0.15) is 38.2 Å². The molecule has 0 aliphatic heterocycles. The summed E-state index contributed by atoms with van der Waals surface area (Å²) in [5.74, 6) is 1.50. The minimum absolute atomic E-state index is 0.171. The highest BCUT2D eigenvalue weighted by molar-refractivity contribution is 5.79. The summed E-state index contributed by atoms with van der Waals surface area (Å²) in [6, 6.07) is 6.78. The fourth-order valence-corrected chi connectivity index (χ4v) is 2.42. The highest BCUT2D eigenvalue weighted by atomic mass is 19.1. The molecule has 1 fully saturated rings. The van der Waals surface area contributed by atoms with Gasteiger partial charge in [0, 0.05) is 32.8 Å². The Bertz CT molecular complexity index is 503. The van der Waals surface area contributed by atoms with Crippen molar-refractivity contribution in [2.75, 3.05) is 32.8 Å². The second kappa shape index (κ2) is 11.0. The second-order valence-electron chi connectivity index (χ2n) is 6.29. The van der Waals surface area contributed by atoms with Crippen molar-refractivity contribution in [1.82, 2.24) is 10.6 Å². The zero-order valence-electron chi connectivity index (χ0n) is 14.7. The van der Waals surface area contributed by atoms with Crippen LogP contribution in [-0.4, -0.2) is 38.8 Å². The molecule has 1 aromatic rings. The average molecular weight is 335 g/mol. The molecule has 0 amide bonds. The van der Waals surface area contributed by atoms with Crippen molar-refractivity contribution in [3.8, 4) is 0 Å². The molecule has 2 N–H and O–H groups in total. The van der Waals surface area contributed by atoms with Crippen LogP contribution in [0.25, 0.3) is 0 Å². The molecule has 0 saturated heterocycles. The van der Waals surface area contributed by atoms with E-state index in [2.05, 4.69) is 22.5 Å². The van der Waals surface area contributed by atoms with Crippen LogP contribution >= 0.6 is 0 Å². The largest absolute Gasteiger partial charge is 0.381 e. The number of hydrogen-bond donors (Lipinski definition) is 2. The fourth-order valence-electron chi connectivity index (χ4n) is 2.42. The maximum absolute atomic E-state index is 13.1. The van der Waals surface area contributed by atoms with Gasteiger partial charge < -0.3 is 15.4 Å². The van der Waals surface area contributed by atoms with Crippen LogP contribution in [0.4, 0.5) is 4.39 Å². The summed E-state index contributed by atoms with van der Waals surface area (Å²) in [7, 11) is 0. The number of nitrogens with zero attached hydrogens (tertiary/aromatic N) is 1. The highest BCUT2D eigenvalue weighted by Gasteiger charge is 2.20. The van der Waals surface area contributed by atoms with E-state index in [-0.39, 0.29) is 5.82 Å². The first-order valence-corrected chi connectivity index (χ1v) is 9.12. The van der Waals surface area contributed by atoms with E-state index in [1.807, 2.05) is 6.07 Å². The lowest BCUT2D eigenvalue weighted by molar-refractivity contribution is 0.123. The number of aliphatic imine (C=N–C) groups is 1. The monoisotopic (exact) mass is 335 g/mol. The highest BCUT2D eigenvalue weighted by Crippen LogP contribution is 2.28. The first-order chi connectivity index (χ1) is 11.8. The molecule has 0 radical (unpaired) electrons. The van der Waals surface area contributed by atoms with E-state index in [1.165, 1.54) is 18.9 Å². The summed E-state index contributed by atoms with van der Waals surface area (Å²) < 4.78 is 18.7. The van der Waals surface area contributed by atoms with Gasteiger partial charge in [-0.25, -0.2) is 4.39 Å². The minimum atomic E-state index is -0.171. The summed E-state index contributed by atoms with van der Waals surface area (Å²) in [5.41, 5.74) is 1.02. The first-order valence-electron chi connectivity index (χ1n) is 9.12. The van der Waals surface area contributed by atoms with Gasteiger partial charge in [0.05, 0.1) is 0 Å². The maximum atomic E-state index is 13.1. The van der Waals surface area contributed by atoms with Gasteiger partial charge in [-0.1, -0.05) is 12.1 Å². The third kappa shape index (κ3) is 8.29. The fraction of sp³-hybridized carbons (Fsp3) is 0.632. The molecule has 2 rings (SSSR count). The van der Waals surface area contributed by atoms with Crippen LogP contribution in [0.5, 0.6) is 0 Å². The van der Waals surface area contributed by atoms with Gasteiger partial charge in [0.25, 0.3) is 0 Å². The zero-order valence-corrected chi connectivity index (χ0v) is 14.7. The van der Waals surface area contributed by atoms with E-state index in [0.29, 0.717) is 0 Å². The lowest BCUT2D eigenvalue weighted by atomic mass is 10.1. The number of aryl methyl sites for hydroxylation is 1. The van der Waals surface area contributed by atoms with Crippen molar-refractivity contribution in [3.63, 3.8) is 0 Å². The smallest absolute Gasteiger partial charge is 0.191 e. The summed E-state index contributed by atoms with van der Waals surface area (Å²) in [6.45, 7) is 6.22. The number of benzene rings is 1. The van der Waals surface area contributed by atoms with Gasteiger partial charge in [-0.05, 0) is 62.6 Å². The number of guanidine groups is 1. The molecule has 4 nitrogen and oxygen atoms in total. The van der Waals surface area contributed by atoms with Gasteiger partial charge >= 0.3 is 0 Å². The number of rotatable bonds is 11. The Morgan fingerprint density at radius 1 is 1.29 bits per heavy atom. The van der Waals surface area contributed by atoms with Crippen molar-refractivity contribution in [2.45, 2.75) is 39.0 Å². The molecule has 24 heavy (non-hydrogen) atoms. The molecule has 1 saturated carbocycles. The summed E-state index contributed by atoms with van der Waals surface area (Å²) in [4.78, 5) is 4.57. The molecule has 0 aromatic heterocycles. The predicted octanol–water partition coefficient (Wildman–Crippen LogP) is 3.13. The molecule has 0 heterocycles. The topological polar surface area (TPSA) is 45.7 Å². The van der Waals surface area contributed by atoms with Gasteiger partial charge in [0.15, 0.2) is 5.96 Å². The van der Waals surface area contributed by atoms with E-state index in [0.717, 1.165) is 69.6 Å². The quantitative estimate of drug-likeness (QED) is 0.371. The van der Waals surface area contributed by atoms with Gasteiger partial charge in [0.1, 0.15) is 5.82 Å². The third-order valence-electron chi connectivity index (χ3n) is 3.94. The first kappa shape index (κ1) is 18.7. The Morgan fingerprint density at radius 3 is 2.92 bits per heavy atom. The lowest BCUT2D eigenvalue weighted by Gasteiger charge is -2.11. The SMILES string of the molecule is CCNC(=NCCCc1cccc(F)c1)NCCCOCC1CC1.